The molecule has 1 unspecified atom stereocenters. The van der Waals surface area contributed by atoms with E-state index in [9.17, 15) is 18.0 Å². The predicted octanol–water partition coefficient (Wildman–Crippen LogP) is -0.184. The third-order valence-corrected chi connectivity index (χ3v) is 3.85. The summed E-state index contributed by atoms with van der Waals surface area (Å²) in [5, 5.41) is 1.97. The van der Waals surface area contributed by atoms with Crippen LogP contribution in [-0.2, 0) is 23.9 Å². The minimum absolute atomic E-state index is 0.111. The molecule has 1 atom stereocenters. The highest BCUT2D eigenvalue weighted by atomic mass is 32.2. The van der Waals surface area contributed by atoms with Gasteiger partial charge in [0.05, 0.1) is 18.4 Å². The van der Waals surface area contributed by atoms with Crippen LogP contribution in [0.15, 0.2) is 29.2 Å². The lowest BCUT2D eigenvalue weighted by Crippen LogP contribution is -2.28. The summed E-state index contributed by atoms with van der Waals surface area (Å²) in [4.78, 5) is 22.1. The highest BCUT2D eigenvalue weighted by Gasteiger charge is 2.35. The summed E-state index contributed by atoms with van der Waals surface area (Å²) < 4.78 is 33.4. The Bertz CT molecular complexity index is 607. The number of methoxy groups -OCH3 is 1. The van der Waals surface area contributed by atoms with Crippen LogP contribution < -0.4 is 10.1 Å². The van der Waals surface area contributed by atoms with Gasteiger partial charge in [-0.25, -0.2) is 0 Å². The van der Waals surface area contributed by atoms with Gasteiger partial charge in [-0.15, -0.1) is 0 Å². The molecule has 8 heteroatoms. The Morgan fingerprint density at radius 2 is 1.84 bits per heavy atom. The Kier molecular flexibility index (Phi) is 3.54. The first kappa shape index (κ1) is 13.5. The summed E-state index contributed by atoms with van der Waals surface area (Å²) in [6.45, 7) is 0. The molecule has 2 rings (SSSR count). The smallest absolute Gasteiger partial charge is 0.297 e. The molecule has 1 aromatic carbocycles. The summed E-state index contributed by atoms with van der Waals surface area (Å²) in [6.07, 6.45) is -1.60. The number of rotatable bonds is 4. The molecule has 0 spiro atoms. The molecule has 0 bridgehead atoms. The monoisotopic (exact) mass is 285 g/mol. The van der Waals surface area contributed by atoms with Crippen molar-refractivity contribution in [3.05, 3.63) is 24.3 Å². The van der Waals surface area contributed by atoms with Crippen LogP contribution in [0.1, 0.15) is 6.42 Å². The summed E-state index contributed by atoms with van der Waals surface area (Å²) in [5.74, 6) is -0.810. The lowest BCUT2D eigenvalue weighted by molar-refractivity contribution is -0.126. The SMILES string of the molecule is COc1ccc(S(=O)(=O)OC2CC(=O)NC2=O)cc1. The quantitative estimate of drug-likeness (QED) is 0.608. The molecule has 0 saturated carbocycles. The largest absolute Gasteiger partial charge is 0.497 e. The number of hydrogen-bond donors (Lipinski definition) is 1. The lowest BCUT2D eigenvalue weighted by Gasteiger charge is -2.09. The second-order valence-electron chi connectivity index (χ2n) is 3.83. The maximum Gasteiger partial charge on any atom is 0.297 e. The van der Waals surface area contributed by atoms with Crippen LogP contribution in [0.4, 0.5) is 0 Å². The molecule has 7 nitrogen and oxygen atoms in total. The van der Waals surface area contributed by atoms with Crippen molar-refractivity contribution in [3.8, 4) is 5.75 Å². The lowest BCUT2D eigenvalue weighted by atomic mass is 10.3. The molecule has 0 aromatic heterocycles. The van der Waals surface area contributed by atoms with Crippen LogP contribution >= 0.6 is 0 Å². The zero-order chi connectivity index (χ0) is 14.0. The molecule has 1 N–H and O–H groups in total. The van der Waals surface area contributed by atoms with E-state index < -0.39 is 28.0 Å². The predicted molar refractivity (Wildman–Crippen MR) is 62.8 cm³/mol. The Labute approximate surface area is 109 Å². The number of benzene rings is 1. The highest BCUT2D eigenvalue weighted by Crippen LogP contribution is 2.20. The number of ether oxygens (including phenoxy) is 1. The minimum atomic E-state index is -4.09. The molecular formula is C11H11NO6S. The third kappa shape index (κ3) is 2.91. The topological polar surface area (TPSA) is 98.8 Å². The van der Waals surface area contributed by atoms with Crippen molar-refractivity contribution in [1.29, 1.82) is 0 Å². The van der Waals surface area contributed by atoms with E-state index in [1.54, 1.807) is 0 Å². The standard InChI is InChI=1S/C11H11NO6S/c1-17-7-2-4-8(5-3-7)19(15,16)18-9-6-10(13)12-11(9)14/h2-5,9H,6H2,1H3,(H,12,13,14). The van der Waals surface area contributed by atoms with Gasteiger partial charge in [0.15, 0.2) is 6.10 Å². The average molecular weight is 285 g/mol. The van der Waals surface area contributed by atoms with E-state index in [1.165, 1.54) is 31.4 Å². The minimum Gasteiger partial charge on any atom is -0.497 e. The molecule has 1 aromatic rings. The molecular weight excluding hydrogens is 274 g/mol. The molecule has 0 aliphatic carbocycles. The highest BCUT2D eigenvalue weighted by molar-refractivity contribution is 7.86. The van der Waals surface area contributed by atoms with Gasteiger partial charge in [0.25, 0.3) is 16.0 Å². The van der Waals surface area contributed by atoms with E-state index >= 15 is 0 Å². The van der Waals surface area contributed by atoms with E-state index in [4.69, 9.17) is 8.92 Å². The Morgan fingerprint density at radius 1 is 1.21 bits per heavy atom. The fourth-order valence-electron chi connectivity index (χ4n) is 1.56. The number of carbonyl (C=O) groups excluding carboxylic acids is 2. The molecule has 1 aliphatic heterocycles. The van der Waals surface area contributed by atoms with Crippen LogP contribution in [0.25, 0.3) is 0 Å². The first-order valence-electron chi connectivity index (χ1n) is 5.33. The molecule has 19 heavy (non-hydrogen) atoms. The van der Waals surface area contributed by atoms with Crippen molar-refractivity contribution in [2.45, 2.75) is 17.4 Å². The van der Waals surface area contributed by atoms with E-state index in [1.807, 2.05) is 5.32 Å². The van der Waals surface area contributed by atoms with Gasteiger partial charge in [0, 0.05) is 0 Å². The summed E-state index contributed by atoms with van der Waals surface area (Å²) in [7, 11) is -2.64. The number of nitrogens with one attached hydrogen (secondary N) is 1. The van der Waals surface area contributed by atoms with E-state index in [2.05, 4.69) is 0 Å². The third-order valence-electron chi connectivity index (χ3n) is 2.52. The fourth-order valence-corrected chi connectivity index (χ4v) is 2.60. The van der Waals surface area contributed by atoms with Crippen molar-refractivity contribution in [1.82, 2.24) is 5.32 Å². The Hall–Kier alpha value is -1.93. The molecule has 2 amide bonds. The zero-order valence-corrected chi connectivity index (χ0v) is 10.8. The number of hydrogen-bond acceptors (Lipinski definition) is 6. The molecule has 0 radical (unpaired) electrons. The molecule has 1 saturated heterocycles. The maximum absolute atomic E-state index is 11.9. The fraction of sp³-hybridized carbons (Fsp3) is 0.273. The molecule has 102 valence electrons. The van der Waals surface area contributed by atoms with Crippen LogP contribution in [0, 0.1) is 0 Å². The molecule has 1 heterocycles. The van der Waals surface area contributed by atoms with Gasteiger partial charge in [-0.3, -0.25) is 19.1 Å². The van der Waals surface area contributed by atoms with E-state index in [0.29, 0.717) is 5.75 Å². The van der Waals surface area contributed by atoms with Crippen LogP contribution in [-0.4, -0.2) is 33.4 Å². The summed E-state index contributed by atoms with van der Waals surface area (Å²) in [5.41, 5.74) is 0. The second kappa shape index (κ2) is 4.98. The zero-order valence-electron chi connectivity index (χ0n) is 9.95. The van der Waals surface area contributed by atoms with E-state index in [0.717, 1.165) is 0 Å². The normalized spacial score (nSPS) is 19.3. The Morgan fingerprint density at radius 3 is 2.32 bits per heavy atom. The Balaban J connectivity index is 2.18. The van der Waals surface area contributed by atoms with Crippen LogP contribution in [0.5, 0.6) is 5.75 Å². The van der Waals surface area contributed by atoms with E-state index in [-0.39, 0.29) is 11.3 Å². The van der Waals surface area contributed by atoms with Gasteiger partial charge in [-0.2, -0.15) is 8.42 Å². The van der Waals surface area contributed by atoms with Crippen molar-refractivity contribution in [3.63, 3.8) is 0 Å². The number of carbonyl (C=O) groups is 2. The molecule has 1 aliphatic rings. The van der Waals surface area contributed by atoms with Crippen molar-refractivity contribution in [2.24, 2.45) is 0 Å². The van der Waals surface area contributed by atoms with Gasteiger partial charge >= 0.3 is 0 Å². The first-order valence-corrected chi connectivity index (χ1v) is 6.74. The van der Waals surface area contributed by atoms with Gasteiger partial charge < -0.3 is 4.74 Å². The summed E-state index contributed by atoms with van der Waals surface area (Å²) in [6, 6.07) is 5.50. The number of amides is 2. The van der Waals surface area contributed by atoms with Gasteiger partial charge in [0.1, 0.15) is 5.75 Å². The number of imide groups is 1. The van der Waals surface area contributed by atoms with Crippen molar-refractivity contribution in [2.75, 3.05) is 7.11 Å². The van der Waals surface area contributed by atoms with Crippen LogP contribution in [0.3, 0.4) is 0 Å². The van der Waals surface area contributed by atoms with Crippen molar-refractivity contribution < 1.29 is 26.9 Å². The molecule has 1 fully saturated rings. The van der Waals surface area contributed by atoms with Gasteiger partial charge in [-0.1, -0.05) is 0 Å². The second-order valence-corrected chi connectivity index (χ2v) is 5.40. The maximum atomic E-state index is 11.9. The average Bonchev–Trinajstić information content (AvgIpc) is 2.67. The van der Waals surface area contributed by atoms with Crippen molar-refractivity contribution >= 4 is 21.9 Å². The summed E-state index contributed by atoms with van der Waals surface area (Å²) >= 11 is 0. The van der Waals surface area contributed by atoms with Gasteiger partial charge in [0.2, 0.25) is 5.91 Å². The van der Waals surface area contributed by atoms with Gasteiger partial charge in [-0.05, 0) is 24.3 Å². The first-order chi connectivity index (χ1) is 8.92. The van der Waals surface area contributed by atoms with Crippen LogP contribution in [0.2, 0.25) is 0 Å².